The van der Waals surface area contributed by atoms with Gasteiger partial charge < -0.3 is 20.5 Å². The zero-order valence-corrected chi connectivity index (χ0v) is 20.0. The van der Waals surface area contributed by atoms with Crippen LogP contribution >= 0.6 is 23.2 Å². The molecule has 3 saturated carbocycles. The van der Waals surface area contributed by atoms with Crippen molar-refractivity contribution in [1.29, 1.82) is 0 Å². The van der Waals surface area contributed by atoms with E-state index in [0.717, 1.165) is 0 Å². The average molecular weight is 485 g/mol. The minimum atomic E-state index is -0.903. The van der Waals surface area contributed by atoms with Gasteiger partial charge in [0.2, 0.25) is 5.91 Å². The van der Waals surface area contributed by atoms with Gasteiger partial charge in [-0.2, -0.15) is 0 Å². The van der Waals surface area contributed by atoms with Gasteiger partial charge in [0.15, 0.2) is 6.61 Å². The van der Waals surface area contributed by atoms with Crippen LogP contribution in [-0.4, -0.2) is 63.8 Å². The first-order valence-electron chi connectivity index (χ1n) is 10.8. The monoisotopic (exact) mass is 484 g/mol. The predicted octanol–water partition coefficient (Wildman–Crippen LogP) is 2.02. The third-order valence-electron chi connectivity index (χ3n) is 6.28. The lowest BCUT2D eigenvalue weighted by Crippen LogP contribution is -2.84. The number of carbonyl (C=O) groups is 2. The van der Waals surface area contributed by atoms with E-state index in [4.69, 9.17) is 27.9 Å². The molecule has 0 aromatic heterocycles. The van der Waals surface area contributed by atoms with Crippen molar-refractivity contribution in [2.45, 2.75) is 75.2 Å². The Morgan fingerprint density at radius 2 is 1.88 bits per heavy atom. The van der Waals surface area contributed by atoms with E-state index in [0.29, 0.717) is 48.0 Å². The molecule has 32 heavy (non-hydrogen) atoms. The summed E-state index contributed by atoms with van der Waals surface area (Å²) in [6, 6.07) is 4.70. The molecule has 1 saturated heterocycles. The quantitative estimate of drug-likeness (QED) is 0.450. The first-order valence-corrected chi connectivity index (χ1v) is 11.6. The molecule has 3 aliphatic carbocycles. The summed E-state index contributed by atoms with van der Waals surface area (Å²) in [5.41, 5.74) is 1.85. The van der Waals surface area contributed by atoms with Crippen LogP contribution in [0.5, 0.6) is 5.75 Å². The van der Waals surface area contributed by atoms with Crippen LogP contribution < -0.4 is 20.8 Å². The van der Waals surface area contributed by atoms with Crippen LogP contribution in [0.3, 0.4) is 0 Å². The fourth-order valence-electron chi connectivity index (χ4n) is 5.15. The molecule has 2 bridgehead atoms. The van der Waals surface area contributed by atoms with E-state index in [1.165, 1.54) is 0 Å². The van der Waals surface area contributed by atoms with Crippen molar-refractivity contribution in [3.05, 3.63) is 28.2 Å². The molecule has 2 unspecified atom stereocenters. The Bertz CT molecular complexity index is 900. The largest absolute Gasteiger partial charge is 0.484 e. The highest BCUT2D eigenvalue weighted by molar-refractivity contribution is 6.42. The standard InChI is InChI=1S/C22H30Cl2N4O4/c1-13-6-17(28(27-13)12-20(2,3)31)19(30)26-22-9-21(10-22,11-22)25-18(29)8-32-14-4-5-15(23)16(24)7-14/h4-5,7,13,17,27,31H,6,8-12H2,1-3H3,(H,25,29)(H,26,30). The zero-order valence-electron chi connectivity index (χ0n) is 18.5. The lowest BCUT2D eigenvalue weighted by atomic mass is 9.44. The number of hydrogen-bond donors (Lipinski definition) is 4. The van der Waals surface area contributed by atoms with Crippen molar-refractivity contribution in [3.8, 4) is 5.75 Å². The van der Waals surface area contributed by atoms with Crippen LogP contribution in [0, 0.1) is 0 Å². The van der Waals surface area contributed by atoms with Gasteiger partial charge in [0.25, 0.3) is 5.91 Å². The SMILES string of the molecule is CC1CC(C(=O)NC23CC(NC(=O)COc4ccc(Cl)c(Cl)c4)(C2)C3)N(CC(C)(C)O)N1. The van der Waals surface area contributed by atoms with Gasteiger partial charge in [-0.25, -0.2) is 5.01 Å². The highest BCUT2D eigenvalue weighted by Gasteiger charge is 2.69. The van der Waals surface area contributed by atoms with Gasteiger partial charge in [0.1, 0.15) is 11.8 Å². The van der Waals surface area contributed by atoms with Gasteiger partial charge in [-0.1, -0.05) is 23.2 Å². The number of hydrogen-bond acceptors (Lipinski definition) is 6. The fraction of sp³-hybridized carbons (Fsp3) is 0.636. The lowest BCUT2D eigenvalue weighted by Gasteiger charge is -2.70. The van der Waals surface area contributed by atoms with Crippen LogP contribution in [0.2, 0.25) is 10.0 Å². The van der Waals surface area contributed by atoms with Crippen molar-refractivity contribution in [1.82, 2.24) is 21.1 Å². The van der Waals surface area contributed by atoms with Gasteiger partial charge in [0.05, 0.1) is 15.6 Å². The van der Waals surface area contributed by atoms with Crippen molar-refractivity contribution in [2.24, 2.45) is 0 Å². The Morgan fingerprint density at radius 3 is 2.50 bits per heavy atom. The molecule has 4 aliphatic rings. The van der Waals surface area contributed by atoms with E-state index in [-0.39, 0.29) is 41.6 Å². The van der Waals surface area contributed by atoms with Gasteiger partial charge in [0, 0.05) is 29.7 Å². The number of carbonyl (C=O) groups excluding carboxylic acids is 2. The molecule has 0 radical (unpaired) electrons. The Labute approximate surface area is 197 Å². The number of nitrogens with one attached hydrogen (secondary N) is 3. The molecule has 0 spiro atoms. The van der Waals surface area contributed by atoms with Gasteiger partial charge in [-0.05, 0) is 58.6 Å². The summed E-state index contributed by atoms with van der Waals surface area (Å²) in [6.07, 6.45) is 2.83. The summed E-state index contributed by atoms with van der Waals surface area (Å²) in [4.78, 5) is 25.3. The van der Waals surface area contributed by atoms with Crippen molar-refractivity contribution in [2.75, 3.05) is 13.2 Å². The van der Waals surface area contributed by atoms with E-state index in [9.17, 15) is 14.7 Å². The summed E-state index contributed by atoms with van der Waals surface area (Å²) in [6.45, 7) is 5.73. The summed E-state index contributed by atoms with van der Waals surface area (Å²) >= 11 is 11.8. The maximum atomic E-state index is 13.0. The molecule has 4 N–H and O–H groups in total. The van der Waals surface area contributed by atoms with Crippen molar-refractivity contribution in [3.63, 3.8) is 0 Å². The topological polar surface area (TPSA) is 103 Å². The number of rotatable bonds is 8. The van der Waals surface area contributed by atoms with Crippen LogP contribution in [0.15, 0.2) is 18.2 Å². The number of halogens is 2. The summed E-state index contributed by atoms with van der Waals surface area (Å²) < 4.78 is 5.50. The highest BCUT2D eigenvalue weighted by atomic mass is 35.5. The summed E-state index contributed by atoms with van der Waals surface area (Å²) in [5, 5.41) is 19.0. The highest BCUT2D eigenvalue weighted by Crippen LogP contribution is 2.60. The number of hydrazine groups is 1. The molecule has 10 heteroatoms. The molecule has 2 amide bonds. The average Bonchev–Trinajstić information content (AvgIpc) is 2.98. The molecule has 1 aliphatic heterocycles. The van der Waals surface area contributed by atoms with Crippen LogP contribution in [0.4, 0.5) is 0 Å². The number of benzene rings is 1. The first-order chi connectivity index (χ1) is 14.9. The summed E-state index contributed by atoms with van der Waals surface area (Å²) in [5.74, 6) is 0.237. The Balaban J connectivity index is 1.23. The minimum Gasteiger partial charge on any atom is -0.484 e. The maximum absolute atomic E-state index is 13.0. The van der Waals surface area contributed by atoms with Crippen LogP contribution in [-0.2, 0) is 9.59 Å². The number of nitrogens with zero attached hydrogens (tertiary/aromatic N) is 1. The van der Waals surface area contributed by atoms with E-state index in [1.54, 1.807) is 32.0 Å². The van der Waals surface area contributed by atoms with Crippen LogP contribution in [0.1, 0.15) is 46.5 Å². The molecule has 5 rings (SSSR count). The molecule has 1 heterocycles. The minimum absolute atomic E-state index is 0.0336. The number of ether oxygens (including phenoxy) is 1. The van der Waals surface area contributed by atoms with Crippen molar-refractivity contribution >= 4 is 35.0 Å². The first kappa shape index (κ1) is 23.6. The number of aliphatic hydroxyl groups is 1. The summed E-state index contributed by atoms with van der Waals surface area (Å²) in [7, 11) is 0. The molecule has 176 valence electrons. The lowest BCUT2D eigenvalue weighted by molar-refractivity contribution is -0.153. The molecule has 1 aromatic carbocycles. The van der Waals surface area contributed by atoms with Crippen LogP contribution in [0.25, 0.3) is 0 Å². The maximum Gasteiger partial charge on any atom is 0.258 e. The number of amides is 2. The third kappa shape index (κ3) is 4.99. The van der Waals surface area contributed by atoms with E-state index in [2.05, 4.69) is 16.1 Å². The Hall–Kier alpha value is -1.58. The second-order valence-electron chi connectivity index (χ2n) is 10.2. The normalized spacial score (nSPS) is 31.4. The molecular formula is C22H30Cl2N4O4. The van der Waals surface area contributed by atoms with E-state index in [1.807, 2.05) is 11.9 Å². The molecule has 1 aromatic rings. The predicted molar refractivity (Wildman–Crippen MR) is 122 cm³/mol. The van der Waals surface area contributed by atoms with Gasteiger partial charge in [-0.3, -0.25) is 15.0 Å². The molecular weight excluding hydrogens is 455 g/mol. The third-order valence-corrected chi connectivity index (χ3v) is 7.02. The number of β-amino-alcohol motifs (C(OH)–C–C–N with tert-alkyl or cyclic N) is 1. The Morgan fingerprint density at radius 1 is 1.22 bits per heavy atom. The van der Waals surface area contributed by atoms with Crippen molar-refractivity contribution < 1.29 is 19.4 Å². The van der Waals surface area contributed by atoms with E-state index >= 15 is 0 Å². The zero-order chi connectivity index (χ0) is 23.3. The molecule has 2 atom stereocenters. The fourth-order valence-corrected chi connectivity index (χ4v) is 5.44. The van der Waals surface area contributed by atoms with E-state index < -0.39 is 5.60 Å². The molecule has 8 nitrogen and oxygen atoms in total. The second kappa shape index (κ2) is 8.33. The molecule has 4 fully saturated rings. The second-order valence-corrected chi connectivity index (χ2v) is 11.0. The van der Waals surface area contributed by atoms with Gasteiger partial charge in [-0.15, -0.1) is 0 Å². The Kier molecular flexibility index (Phi) is 6.13. The van der Waals surface area contributed by atoms with Gasteiger partial charge >= 0.3 is 0 Å². The smallest absolute Gasteiger partial charge is 0.258 e.